The third-order valence-electron chi connectivity index (χ3n) is 2.13. The van der Waals surface area contributed by atoms with Gasteiger partial charge in [0.15, 0.2) is 0 Å². The maximum atomic E-state index is 6.46. The molecule has 0 amide bonds. The standard InChI is InChI=1S/C8H17N3.C6H13N3.ClH/c1-4-9-8-10-6-5-7-11(2)3;1-9(2)5-3-4-8-6-7;/h4-7H2,1-3H3;7H,3-5H2,1-2H3;1H. The lowest BCUT2D eigenvalue weighted by Crippen LogP contribution is -2.13. The highest BCUT2D eigenvalue weighted by Gasteiger charge is 1.87. The molecule has 1 N–H and O–H groups in total. The largest absolute Gasteiger partial charge is 0.309 e. The van der Waals surface area contributed by atoms with Crippen molar-refractivity contribution in [1.82, 2.24) is 9.80 Å². The van der Waals surface area contributed by atoms with E-state index in [-0.39, 0.29) is 12.4 Å². The second-order valence-corrected chi connectivity index (χ2v) is 4.76. The summed E-state index contributed by atoms with van der Waals surface area (Å²) in [6.07, 6.45) is 2.10. The average Bonchev–Trinajstić information content (AvgIpc) is 2.39. The van der Waals surface area contributed by atoms with Gasteiger partial charge in [-0.25, -0.2) is 20.4 Å². The Bertz CT molecular complexity index is 305. The van der Waals surface area contributed by atoms with E-state index in [1.807, 2.05) is 27.0 Å². The first-order valence-electron chi connectivity index (χ1n) is 7.00. The van der Waals surface area contributed by atoms with Crippen LogP contribution >= 0.6 is 12.4 Å². The summed E-state index contributed by atoms with van der Waals surface area (Å²) in [6, 6.07) is 4.64. The van der Waals surface area contributed by atoms with Crippen LogP contribution in [0.5, 0.6) is 0 Å². The van der Waals surface area contributed by atoms with Gasteiger partial charge in [0.25, 0.3) is 0 Å². The van der Waals surface area contributed by atoms with Gasteiger partial charge in [-0.15, -0.1) is 12.4 Å². The quantitative estimate of drug-likeness (QED) is 0.523. The van der Waals surface area contributed by atoms with Crippen LogP contribution < -0.4 is 0 Å². The molecule has 0 rings (SSSR count). The topological polar surface area (TPSA) is 67.4 Å². The minimum atomic E-state index is 0. The predicted octanol–water partition coefficient (Wildman–Crippen LogP) is 2.24. The van der Waals surface area contributed by atoms with Gasteiger partial charge in [-0.3, -0.25) is 0 Å². The Morgan fingerprint density at radius 3 is 1.71 bits per heavy atom. The summed E-state index contributed by atoms with van der Waals surface area (Å²) in [6.45, 7) is 6.42. The van der Waals surface area contributed by atoms with E-state index in [9.17, 15) is 0 Å². The molecule has 0 aromatic heterocycles. The Morgan fingerprint density at radius 1 is 0.857 bits per heavy atom. The lowest BCUT2D eigenvalue weighted by molar-refractivity contribution is 0.403. The molecule has 0 saturated heterocycles. The van der Waals surface area contributed by atoms with Crippen molar-refractivity contribution in [2.45, 2.75) is 19.8 Å². The zero-order chi connectivity index (χ0) is 15.6. The molecule has 21 heavy (non-hydrogen) atoms. The van der Waals surface area contributed by atoms with Crippen LogP contribution in [0.4, 0.5) is 0 Å². The Morgan fingerprint density at radius 2 is 1.33 bits per heavy atom. The maximum Gasteiger partial charge on any atom is 0.0892 e. The number of hydrogen-bond donors (Lipinski definition) is 1. The second-order valence-electron chi connectivity index (χ2n) is 4.76. The zero-order valence-electron chi connectivity index (χ0n) is 14.1. The highest BCUT2D eigenvalue weighted by Crippen LogP contribution is 1.83. The van der Waals surface area contributed by atoms with Gasteiger partial charge in [0, 0.05) is 6.54 Å². The van der Waals surface area contributed by atoms with Crippen molar-refractivity contribution in [3.8, 4) is 0 Å². The first-order chi connectivity index (χ1) is 9.54. The zero-order valence-corrected chi connectivity index (χ0v) is 14.9. The van der Waals surface area contributed by atoms with Crippen LogP contribution in [0.25, 0.3) is 0 Å². The molecule has 6 nitrogen and oxygen atoms in total. The summed E-state index contributed by atoms with van der Waals surface area (Å²) >= 11 is 0. The minimum absolute atomic E-state index is 0. The minimum Gasteiger partial charge on any atom is -0.309 e. The monoisotopic (exact) mass is 318 g/mol. The number of aliphatic imine (C=N–C) groups is 3. The first kappa shape index (κ1) is 25.0. The third kappa shape index (κ3) is 32.5. The average molecular weight is 319 g/mol. The van der Waals surface area contributed by atoms with Crippen molar-refractivity contribution in [3.63, 3.8) is 0 Å². The van der Waals surface area contributed by atoms with E-state index in [4.69, 9.17) is 5.41 Å². The highest BCUT2D eigenvalue weighted by molar-refractivity contribution is 5.85. The van der Waals surface area contributed by atoms with Crippen LogP contribution in [0.2, 0.25) is 0 Å². The van der Waals surface area contributed by atoms with Crippen molar-refractivity contribution in [1.29, 1.82) is 5.41 Å². The van der Waals surface area contributed by atoms with E-state index in [0.29, 0.717) is 0 Å². The molecule has 0 aliphatic carbocycles. The number of halogens is 1. The van der Waals surface area contributed by atoms with Crippen molar-refractivity contribution in [2.75, 3.05) is 60.9 Å². The number of nitrogens with one attached hydrogen (secondary N) is 1. The van der Waals surface area contributed by atoms with Gasteiger partial charge in [-0.2, -0.15) is 0 Å². The van der Waals surface area contributed by atoms with Crippen LogP contribution in [-0.4, -0.2) is 82.7 Å². The molecule has 7 heteroatoms. The molecule has 0 aliphatic rings. The Hall–Kier alpha value is -1.03. The molecule has 0 bridgehead atoms. The van der Waals surface area contributed by atoms with Gasteiger partial charge >= 0.3 is 0 Å². The van der Waals surface area contributed by atoms with Gasteiger partial charge < -0.3 is 9.80 Å². The molecule has 0 aromatic carbocycles. The molecular weight excluding hydrogens is 288 g/mol. The summed E-state index contributed by atoms with van der Waals surface area (Å²) in [4.78, 5) is 15.7. The molecule has 124 valence electrons. The van der Waals surface area contributed by atoms with Gasteiger partial charge in [-0.1, -0.05) is 0 Å². The molecule has 0 spiro atoms. The summed E-state index contributed by atoms with van der Waals surface area (Å²) in [5.74, 6) is 0. The third-order valence-corrected chi connectivity index (χ3v) is 2.13. The summed E-state index contributed by atoms with van der Waals surface area (Å²) in [5, 5.41) is 6.46. The van der Waals surface area contributed by atoms with Crippen molar-refractivity contribution < 1.29 is 0 Å². The summed E-state index contributed by atoms with van der Waals surface area (Å²) in [5.41, 5.74) is 0. The Labute approximate surface area is 136 Å². The second kappa shape index (κ2) is 21.3. The SMILES string of the molecule is CCN=C=NCCCN(C)C.CN(C)CCCN=C=N.Cl. The van der Waals surface area contributed by atoms with Crippen LogP contribution in [0, 0.1) is 5.41 Å². The van der Waals surface area contributed by atoms with E-state index >= 15 is 0 Å². The molecule has 0 radical (unpaired) electrons. The molecular formula is C14H31ClN6. The van der Waals surface area contributed by atoms with Crippen LogP contribution in [0.3, 0.4) is 0 Å². The smallest absolute Gasteiger partial charge is 0.0892 e. The first-order valence-corrected chi connectivity index (χ1v) is 7.00. The Balaban J connectivity index is -0.000000300. The fraction of sp³-hybridized carbons (Fsp3) is 0.857. The number of rotatable bonds is 9. The van der Waals surface area contributed by atoms with Crippen molar-refractivity contribution in [3.05, 3.63) is 0 Å². The fourth-order valence-corrected chi connectivity index (χ4v) is 1.16. The van der Waals surface area contributed by atoms with E-state index in [0.717, 1.165) is 45.6 Å². The van der Waals surface area contributed by atoms with E-state index in [1.54, 1.807) is 0 Å². The van der Waals surface area contributed by atoms with Crippen molar-refractivity contribution >= 4 is 24.4 Å². The Kier molecular flexibility index (Phi) is 25.3. The molecule has 0 aliphatic heterocycles. The fourth-order valence-electron chi connectivity index (χ4n) is 1.16. The summed E-state index contributed by atoms with van der Waals surface area (Å²) < 4.78 is 0. The lowest BCUT2D eigenvalue weighted by Gasteiger charge is -2.05. The molecule has 0 unspecified atom stereocenters. The predicted molar refractivity (Wildman–Crippen MR) is 93.9 cm³/mol. The maximum absolute atomic E-state index is 6.46. The summed E-state index contributed by atoms with van der Waals surface area (Å²) in [7, 11) is 8.16. The molecule has 0 saturated carbocycles. The van der Waals surface area contributed by atoms with E-state index < -0.39 is 0 Å². The van der Waals surface area contributed by atoms with E-state index in [1.165, 1.54) is 0 Å². The van der Waals surface area contributed by atoms with Gasteiger partial charge in [0.1, 0.15) is 0 Å². The number of hydrogen-bond acceptors (Lipinski definition) is 6. The van der Waals surface area contributed by atoms with E-state index in [2.05, 4.69) is 44.9 Å². The van der Waals surface area contributed by atoms with Gasteiger partial charge in [-0.05, 0) is 61.0 Å². The molecule has 0 atom stereocenters. The number of nitrogens with zero attached hydrogens (tertiary/aromatic N) is 5. The van der Waals surface area contributed by atoms with Crippen molar-refractivity contribution in [2.24, 2.45) is 15.0 Å². The van der Waals surface area contributed by atoms with Gasteiger partial charge in [0.2, 0.25) is 0 Å². The van der Waals surface area contributed by atoms with Crippen LogP contribution in [-0.2, 0) is 0 Å². The molecule has 0 fully saturated rings. The van der Waals surface area contributed by atoms with Crippen LogP contribution in [0.1, 0.15) is 19.8 Å². The van der Waals surface area contributed by atoms with Gasteiger partial charge in [0.05, 0.1) is 25.1 Å². The highest BCUT2D eigenvalue weighted by atomic mass is 35.5. The lowest BCUT2D eigenvalue weighted by atomic mass is 10.4. The molecule has 0 aromatic rings. The van der Waals surface area contributed by atoms with Crippen LogP contribution in [0.15, 0.2) is 15.0 Å². The molecule has 0 heterocycles. The normalized spacial score (nSPS) is 8.90.